The second-order valence-electron chi connectivity index (χ2n) is 6.02. The van der Waals surface area contributed by atoms with E-state index in [1.807, 2.05) is 17.5 Å². The molecule has 28 heavy (non-hydrogen) atoms. The Kier molecular flexibility index (Phi) is 5.63. The molecule has 0 atom stereocenters. The van der Waals surface area contributed by atoms with Gasteiger partial charge < -0.3 is 4.98 Å². The third-order valence-electron chi connectivity index (χ3n) is 4.14. The Labute approximate surface area is 181 Å². The van der Waals surface area contributed by atoms with Gasteiger partial charge in [-0.1, -0.05) is 11.6 Å². The highest BCUT2D eigenvalue weighted by Gasteiger charge is 2.19. The number of pyridine rings is 1. The molecule has 0 bridgehead atoms. The van der Waals surface area contributed by atoms with Gasteiger partial charge in [0.1, 0.15) is 0 Å². The first-order chi connectivity index (χ1) is 13.5. The lowest BCUT2D eigenvalue weighted by Gasteiger charge is -2.04. The Morgan fingerprint density at radius 2 is 2.11 bits per heavy atom. The molecule has 0 aromatic carbocycles. The Hall–Kier alpha value is -2.00. The molecule has 0 amide bonds. The van der Waals surface area contributed by atoms with E-state index >= 15 is 0 Å². The molecule has 0 aliphatic rings. The molecule has 0 saturated heterocycles. The fourth-order valence-corrected chi connectivity index (χ4v) is 4.86. The smallest absolute Gasteiger partial charge is 0.279 e. The summed E-state index contributed by atoms with van der Waals surface area (Å²) < 4.78 is 2.86. The molecule has 1 N–H and O–H groups in total. The van der Waals surface area contributed by atoms with E-state index in [2.05, 4.69) is 26.0 Å². The number of aromatic amines is 1. The zero-order chi connectivity index (χ0) is 19.7. The average Bonchev–Trinajstić information content (AvgIpc) is 3.42. The van der Waals surface area contributed by atoms with Gasteiger partial charge in [-0.3, -0.25) is 9.59 Å². The van der Waals surface area contributed by atoms with Crippen LogP contribution in [-0.4, -0.2) is 20.7 Å². The quantitative estimate of drug-likeness (QED) is 0.412. The van der Waals surface area contributed by atoms with E-state index in [1.54, 1.807) is 29.8 Å². The minimum atomic E-state index is -0.257. The van der Waals surface area contributed by atoms with E-state index in [4.69, 9.17) is 11.6 Å². The van der Waals surface area contributed by atoms with Gasteiger partial charge in [-0.2, -0.15) is 16.4 Å². The lowest BCUT2D eigenvalue weighted by molar-refractivity contribution is 0.0942. The van der Waals surface area contributed by atoms with Crippen LogP contribution in [0.3, 0.4) is 0 Å². The van der Waals surface area contributed by atoms with Crippen molar-refractivity contribution in [3.63, 3.8) is 0 Å². The van der Waals surface area contributed by atoms with Crippen LogP contribution in [0.15, 0.2) is 56.6 Å². The molecule has 0 fully saturated rings. The maximum Gasteiger partial charge on any atom is 0.279 e. The summed E-state index contributed by atoms with van der Waals surface area (Å²) in [7, 11) is 0. The van der Waals surface area contributed by atoms with Crippen LogP contribution in [0.1, 0.15) is 20.9 Å². The number of carbonyl (C=O) groups excluding carboxylic acids is 1. The summed E-state index contributed by atoms with van der Waals surface area (Å²) in [5, 5.41) is 8.11. The van der Waals surface area contributed by atoms with Gasteiger partial charge in [0, 0.05) is 26.6 Å². The largest absolute Gasteiger partial charge is 0.327 e. The van der Waals surface area contributed by atoms with Gasteiger partial charge in [0.05, 0.1) is 21.2 Å². The summed E-state index contributed by atoms with van der Waals surface area (Å²) in [5.41, 5.74) is 1.93. The SMILES string of the molecule is O=C(c1ccsc1)n1nc(-c2cc(Br)c[nH]c2=O)cc1CCc1ccc(Cl)s1. The summed E-state index contributed by atoms with van der Waals surface area (Å²) in [6.45, 7) is 0. The Morgan fingerprint density at radius 3 is 2.82 bits per heavy atom. The first kappa shape index (κ1) is 19.3. The van der Waals surface area contributed by atoms with E-state index in [1.165, 1.54) is 27.4 Å². The summed E-state index contributed by atoms with van der Waals surface area (Å²) in [5.74, 6) is -0.210. The number of aromatic nitrogens is 3. The van der Waals surface area contributed by atoms with Crippen LogP contribution in [-0.2, 0) is 12.8 Å². The number of H-pyrrole nitrogens is 1. The number of nitrogens with zero attached hydrogens (tertiary/aromatic N) is 2. The second-order valence-corrected chi connectivity index (χ2v) is 9.51. The molecule has 4 aromatic heterocycles. The van der Waals surface area contributed by atoms with E-state index in [9.17, 15) is 9.59 Å². The highest BCUT2D eigenvalue weighted by Crippen LogP contribution is 2.25. The molecule has 5 nitrogen and oxygen atoms in total. The van der Waals surface area contributed by atoms with Gasteiger partial charge in [0.2, 0.25) is 0 Å². The van der Waals surface area contributed by atoms with Gasteiger partial charge in [-0.25, -0.2) is 4.68 Å². The maximum absolute atomic E-state index is 12.9. The minimum absolute atomic E-state index is 0.210. The van der Waals surface area contributed by atoms with Gasteiger partial charge in [0.15, 0.2) is 0 Å². The van der Waals surface area contributed by atoms with E-state index in [0.29, 0.717) is 23.2 Å². The molecular weight excluding hydrogens is 482 g/mol. The fraction of sp³-hybridized carbons (Fsp3) is 0.105. The lowest BCUT2D eigenvalue weighted by atomic mass is 10.1. The number of nitrogens with one attached hydrogen (secondary N) is 1. The van der Waals surface area contributed by atoms with Crippen LogP contribution in [0.4, 0.5) is 0 Å². The van der Waals surface area contributed by atoms with Crippen LogP contribution in [0.5, 0.6) is 0 Å². The van der Waals surface area contributed by atoms with Crippen LogP contribution in [0.2, 0.25) is 4.34 Å². The van der Waals surface area contributed by atoms with Crippen molar-refractivity contribution in [2.45, 2.75) is 12.8 Å². The zero-order valence-corrected chi connectivity index (χ0v) is 18.3. The van der Waals surface area contributed by atoms with Crippen LogP contribution in [0, 0.1) is 0 Å². The van der Waals surface area contributed by atoms with Crippen molar-refractivity contribution >= 4 is 56.1 Å². The fourth-order valence-electron chi connectivity index (χ4n) is 2.80. The van der Waals surface area contributed by atoms with Crippen LogP contribution in [0.25, 0.3) is 11.3 Å². The standard InChI is InChI=1S/C19H13BrClN3O2S2/c20-12-7-15(18(25)22-9-12)16-8-13(1-2-14-3-4-17(21)28-14)24(23-16)19(26)11-5-6-27-10-11/h3-10H,1-2H2,(H,22,25). The summed E-state index contributed by atoms with van der Waals surface area (Å²) >= 11 is 12.3. The Morgan fingerprint density at radius 1 is 1.25 bits per heavy atom. The molecule has 0 radical (unpaired) electrons. The molecule has 4 heterocycles. The summed E-state index contributed by atoms with van der Waals surface area (Å²) in [6, 6.07) is 9.11. The number of hydrogen-bond acceptors (Lipinski definition) is 5. The molecule has 0 unspecified atom stereocenters. The first-order valence-corrected chi connectivity index (χ1v) is 11.2. The monoisotopic (exact) mass is 493 g/mol. The molecule has 0 spiro atoms. The number of halogens is 2. The number of hydrogen-bond donors (Lipinski definition) is 1. The number of aryl methyl sites for hydroxylation is 2. The third-order valence-corrected chi connectivity index (χ3v) is 6.58. The number of thiophene rings is 2. The van der Waals surface area contributed by atoms with Crippen molar-refractivity contribution < 1.29 is 4.79 Å². The van der Waals surface area contributed by atoms with Crippen molar-refractivity contribution in [3.05, 3.63) is 82.6 Å². The topological polar surface area (TPSA) is 67.8 Å². The van der Waals surface area contributed by atoms with E-state index < -0.39 is 0 Å². The van der Waals surface area contributed by atoms with Crippen molar-refractivity contribution in [3.8, 4) is 11.3 Å². The molecule has 4 aromatic rings. The maximum atomic E-state index is 12.9. The molecular formula is C19H13BrClN3O2S2. The van der Waals surface area contributed by atoms with Crippen molar-refractivity contribution in [1.29, 1.82) is 0 Å². The number of carbonyl (C=O) groups is 1. The van der Waals surface area contributed by atoms with Gasteiger partial charge in [-0.15, -0.1) is 11.3 Å². The molecule has 142 valence electrons. The highest BCUT2D eigenvalue weighted by atomic mass is 79.9. The lowest BCUT2D eigenvalue weighted by Crippen LogP contribution is -2.16. The van der Waals surface area contributed by atoms with Gasteiger partial charge in [-0.05, 0) is 64.5 Å². The molecule has 0 aliphatic carbocycles. The summed E-state index contributed by atoms with van der Waals surface area (Å²) in [6.07, 6.45) is 2.90. The van der Waals surface area contributed by atoms with Gasteiger partial charge in [0.25, 0.3) is 11.5 Å². The zero-order valence-electron chi connectivity index (χ0n) is 14.3. The Balaban J connectivity index is 1.73. The number of rotatable bonds is 5. The third kappa shape index (κ3) is 4.05. The normalized spacial score (nSPS) is 11.1. The predicted molar refractivity (Wildman–Crippen MR) is 117 cm³/mol. The summed E-state index contributed by atoms with van der Waals surface area (Å²) in [4.78, 5) is 29.0. The first-order valence-electron chi connectivity index (χ1n) is 8.30. The highest BCUT2D eigenvalue weighted by molar-refractivity contribution is 9.10. The molecule has 0 aliphatic heterocycles. The second kappa shape index (κ2) is 8.16. The molecule has 9 heteroatoms. The Bertz CT molecular complexity index is 1190. The minimum Gasteiger partial charge on any atom is -0.327 e. The van der Waals surface area contributed by atoms with Crippen LogP contribution < -0.4 is 5.56 Å². The average molecular weight is 495 g/mol. The van der Waals surface area contributed by atoms with Crippen LogP contribution >= 0.6 is 50.2 Å². The van der Waals surface area contributed by atoms with E-state index in [0.717, 1.165) is 25.8 Å². The van der Waals surface area contributed by atoms with E-state index in [-0.39, 0.29) is 11.5 Å². The van der Waals surface area contributed by atoms with Crippen molar-refractivity contribution in [2.24, 2.45) is 0 Å². The van der Waals surface area contributed by atoms with Gasteiger partial charge >= 0.3 is 0 Å². The predicted octanol–water partition coefficient (Wildman–Crippen LogP) is 5.25. The van der Waals surface area contributed by atoms with Crippen molar-refractivity contribution in [1.82, 2.24) is 14.8 Å². The molecule has 0 saturated carbocycles. The molecule has 4 rings (SSSR count). The van der Waals surface area contributed by atoms with Crippen molar-refractivity contribution in [2.75, 3.05) is 0 Å².